The van der Waals surface area contributed by atoms with Crippen molar-refractivity contribution in [3.05, 3.63) is 34.9 Å². The molecular formula is C22H28N4O4. The number of nitrogens with one attached hydrogen (secondary N) is 2. The minimum absolute atomic E-state index is 0.113. The largest absolute Gasteiger partial charge is 0.330 e. The zero-order valence-corrected chi connectivity index (χ0v) is 17.0. The number of imide groups is 2. The van der Waals surface area contributed by atoms with Gasteiger partial charge in [0.15, 0.2) is 0 Å². The quantitative estimate of drug-likeness (QED) is 0.601. The van der Waals surface area contributed by atoms with Crippen LogP contribution >= 0.6 is 0 Å². The highest BCUT2D eigenvalue weighted by Gasteiger charge is 2.44. The molecule has 1 saturated heterocycles. The molecular weight excluding hydrogens is 384 g/mol. The Bertz CT molecular complexity index is 891. The van der Waals surface area contributed by atoms with Gasteiger partial charge in [-0.25, -0.2) is 0 Å². The van der Waals surface area contributed by atoms with Gasteiger partial charge in [0.1, 0.15) is 6.04 Å². The van der Waals surface area contributed by atoms with E-state index in [1.54, 1.807) is 12.1 Å². The van der Waals surface area contributed by atoms with Crippen LogP contribution in [0.3, 0.4) is 0 Å². The summed E-state index contributed by atoms with van der Waals surface area (Å²) in [5, 5.41) is 5.68. The molecule has 2 aliphatic heterocycles. The van der Waals surface area contributed by atoms with E-state index in [1.807, 2.05) is 6.07 Å². The van der Waals surface area contributed by atoms with Crippen molar-refractivity contribution in [2.75, 3.05) is 13.1 Å². The highest BCUT2D eigenvalue weighted by atomic mass is 16.2. The summed E-state index contributed by atoms with van der Waals surface area (Å²) in [5.41, 5.74) is 7.72. The first kappa shape index (κ1) is 20.7. The fourth-order valence-corrected chi connectivity index (χ4v) is 4.85. The molecule has 1 unspecified atom stereocenters. The predicted molar refractivity (Wildman–Crippen MR) is 109 cm³/mol. The normalized spacial score (nSPS) is 23.5. The summed E-state index contributed by atoms with van der Waals surface area (Å²) in [7, 11) is 0. The van der Waals surface area contributed by atoms with Gasteiger partial charge in [-0.2, -0.15) is 0 Å². The minimum atomic E-state index is -0.938. The molecule has 0 bridgehead atoms. The van der Waals surface area contributed by atoms with E-state index in [4.69, 9.17) is 5.73 Å². The molecule has 1 aromatic carbocycles. The van der Waals surface area contributed by atoms with Crippen molar-refractivity contribution >= 4 is 23.6 Å². The number of nitrogens with zero attached hydrogens (tertiary/aromatic N) is 1. The third-order valence-electron chi connectivity index (χ3n) is 6.68. The lowest BCUT2D eigenvalue weighted by Gasteiger charge is -2.36. The number of piperidine rings is 1. The molecule has 4 N–H and O–H groups in total. The summed E-state index contributed by atoms with van der Waals surface area (Å²) in [6.45, 7) is 2.07. The third kappa shape index (κ3) is 3.77. The molecule has 2 heterocycles. The van der Waals surface area contributed by atoms with Crippen molar-refractivity contribution < 1.29 is 19.2 Å². The maximum atomic E-state index is 12.9. The molecule has 0 radical (unpaired) electrons. The van der Waals surface area contributed by atoms with Gasteiger partial charge in [-0.05, 0) is 48.9 Å². The first-order valence-corrected chi connectivity index (χ1v) is 10.7. The Hall–Kier alpha value is -2.58. The van der Waals surface area contributed by atoms with E-state index in [2.05, 4.69) is 10.6 Å². The van der Waals surface area contributed by atoms with Gasteiger partial charge in [0.2, 0.25) is 11.8 Å². The van der Waals surface area contributed by atoms with Crippen molar-refractivity contribution in [3.63, 3.8) is 0 Å². The smallest absolute Gasteiger partial charge is 0.262 e. The molecule has 8 heteroatoms. The maximum Gasteiger partial charge on any atom is 0.262 e. The van der Waals surface area contributed by atoms with Crippen molar-refractivity contribution in [2.45, 2.75) is 57.5 Å². The number of hydrogen-bond donors (Lipinski definition) is 3. The Balaban J connectivity index is 1.44. The molecule has 1 aliphatic carbocycles. The molecule has 4 rings (SSSR count). The molecule has 8 nitrogen and oxygen atoms in total. The summed E-state index contributed by atoms with van der Waals surface area (Å²) in [6.07, 6.45) is 6.23. The summed E-state index contributed by atoms with van der Waals surface area (Å²) in [5.74, 6) is -1.93. The number of fused-ring (bicyclic) bond motifs is 1. The first-order chi connectivity index (χ1) is 14.4. The van der Waals surface area contributed by atoms with Crippen LogP contribution in [-0.2, 0) is 16.1 Å². The Kier molecular flexibility index (Phi) is 5.71. The van der Waals surface area contributed by atoms with Crippen LogP contribution in [0.1, 0.15) is 71.2 Å². The summed E-state index contributed by atoms with van der Waals surface area (Å²) in [4.78, 5) is 50.2. The Morgan fingerprint density at radius 3 is 2.50 bits per heavy atom. The average molecular weight is 412 g/mol. The van der Waals surface area contributed by atoms with Crippen LogP contribution in [0.2, 0.25) is 0 Å². The monoisotopic (exact) mass is 412 g/mol. The molecule has 2 fully saturated rings. The molecule has 1 aromatic rings. The number of carbonyl (C=O) groups is 4. The van der Waals surface area contributed by atoms with Gasteiger partial charge in [-0.1, -0.05) is 25.3 Å². The molecule has 3 aliphatic rings. The predicted octanol–water partition coefficient (Wildman–Crippen LogP) is 1.09. The van der Waals surface area contributed by atoms with Gasteiger partial charge in [0.25, 0.3) is 11.8 Å². The summed E-state index contributed by atoms with van der Waals surface area (Å²) < 4.78 is 0. The van der Waals surface area contributed by atoms with E-state index in [0.717, 1.165) is 29.8 Å². The third-order valence-corrected chi connectivity index (χ3v) is 6.68. The van der Waals surface area contributed by atoms with E-state index in [-0.39, 0.29) is 24.2 Å². The van der Waals surface area contributed by atoms with Gasteiger partial charge in [0, 0.05) is 19.5 Å². The molecule has 0 aromatic heterocycles. The average Bonchev–Trinajstić information content (AvgIpc) is 2.99. The molecule has 4 amide bonds. The lowest BCUT2D eigenvalue weighted by molar-refractivity contribution is -0.136. The number of rotatable bonds is 6. The number of carbonyl (C=O) groups excluding carboxylic acids is 4. The van der Waals surface area contributed by atoms with Crippen LogP contribution in [0.15, 0.2) is 18.2 Å². The van der Waals surface area contributed by atoms with Crippen LogP contribution in [0.5, 0.6) is 0 Å². The molecule has 1 atom stereocenters. The molecule has 0 spiro atoms. The van der Waals surface area contributed by atoms with E-state index in [9.17, 15) is 19.2 Å². The highest BCUT2D eigenvalue weighted by molar-refractivity contribution is 6.23. The van der Waals surface area contributed by atoms with E-state index >= 15 is 0 Å². The van der Waals surface area contributed by atoms with Crippen molar-refractivity contribution in [1.29, 1.82) is 0 Å². The Labute approximate surface area is 175 Å². The second kappa shape index (κ2) is 8.28. The zero-order valence-electron chi connectivity index (χ0n) is 17.0. The second-order valence-electron chi connectivity index (χ2n) is 8.70. The van der Waals surface area contributed by atoms with Crippen molar-refractivity contribution in [3.8, 4) is 0 Å². The Morgan fingerprint density at radius 2 is 1.80 bits per heavy atom. The van der Waals surface area contributed by atoms with E-state index in [0.29, 0.717) is 24.2 Å². The number of benzene rings is 1. The maximum absolute atomic E-state index is 12.9. The van der Waals surface area contributed by atoms with Gasteiger partial charge >= 0.3 is 0 Å². The number of amides is 4. The first-order valence-electron chi connectivity index (χ1n) is 10.7. The fourth-order valence-electron chi connectivity index (χ4n) is 4.85. The zero-order chi connectivity index (χ0) is 21.3. The van der Waals surface area contributed by atoms with Crippen LogP contribution in [0.25, 0.3) is 0 Å². The molecule has 160 valence electrons. The fraction of sp³-hybridized carbons (Fsp3) is 0.545. The summed E-state index contributed by atoms with van der Waals surface area (Å²) >= 11 is 0. The van der Waals surface area contributed by atoms with E-state index in [1.165, 1.54) is 19.3 Å². The highest BCUT2D eigenvalue weighted by Crippen LogP contribution is 2.35. The lowest BCUT2D eigenvalue weighted by atomic mass is 9.74. The van der Waals surface area contributed by atoms with E-state index < -0.39 is 23.8 Å². The summed E-state index contributed by atoms with van der Waals surface area (Å²) in [6, 6.07) is 4.27. The minimum Gasteiger partial charge on any atom is -0.330 e. The number of hydrogen-bond acceptors (Lipinski definition) is 6. The second-order valence-corrected chi connectivity index (χ2v) is 8.70. The standard InChI is InChI=1S/C22H28N4O4/c23-12-22(8-2-1-3-9-22)13-24-11-14-4-5-15-16(10-14)21(30)26(20(15)29)17-6-7-18(27)25-19(17)28/h4-5,10,17,24H,1-3,6-9,11-13,23H2,(H,25,27,28). The van der Waals surface area contributed by atoms with Crippen molar-refractivity contribution in [2.24, 2.45) is 11.1 Å². The Morgan fingerprint density at radius 1 is 1.07 bits per heavy atom. The van der Waals surface area contributed by atoms with Crippen LogP contribution in [0.4, 0.5) is 0 Å². The van der Waals surface area contributed by atoms with Crippen LogP contribution in [-0.4, -0.2) is 47.7 Å². The van der Waals surface area contributed by atoms with Crippen molar-refractivity contribution in [1.82, 2.24) is 15.5 Å². The van der Waals surface area contributed by atoms with Crippen LogP contribution in [0, 0.1) is 5.41 Å². The topological polar surface area (TPSA) is 122 Å². The SMILES string of the molecule is NCC1(CNCc2ccc3c(c2)C(=O)N(C2CCC(=O)NC2=O)C3=O)CCCCC1. The van der Waals surface area contributed by atoms with Gasteiger partial charge in [0.05, 0.1) is 11.1 Å². The molecule has 1 saturated carbocycles. The van der Waals surface area contributed by atoms with Gasteiger partial charge in [-0.3, -0.25) is 29.4 Å². The van der Waals surface area contributed by atoms with Gasteiger partial charge in [-0.15, -0.1) is 0 Å². The van der Waals surface area contributed by atoms with Crippen LogP contribution < -0.4 is 16.4 Å². The lowest BCUT2D eigenvalue weighted by Crippen LogP contribution is -2.54. The van der Waals surface area contributed by atoms with Gasteiger partial charge < -0.3 is 11.1 Å². The number of nitrogens with two attached hydrogens (primary N) is 1. The molecule has 30 heavy (non-hydrogen) atoms.